The van der Waals surface area contributed by atoms with E-state index in [-0.39, 0.29) is 18.0 Å². The molecule has 2 aliphatic heterocycles. The number of urea groups is 1. The van der Waals surface area contributed by atoms with Gasteiger partial charge < -0.3 is 25.6 Å². The molecule has 0 aliphatic carbocycles. The second kappa shape index (κ2) is 9.70. The highest BCUT2D eigenvalue weighted by molar-refractivity contribution is 6.08. The van der Waals surface area contributed by atoms with Gasteiger partial charge in [0.1, 0.15) is 5.75 Å². The highest BCUT2D eigenvalue weighted by Gasteiger charge is 2.33. The van der Waals surface area contributed by atoms with E-state index in [0.29, 0.717) is 31.1 Å². The summed E-state index contributed by atoms with van der Waals surface area (Å²) < 4.78 is 5.96. The molecular formula is C28H33N5O3. The largest absolute Gasteiger partial charge is 0.415 e. The number of piperazine rings is 1. The number of fused-ring (bicyclic) bond motifs is 3. The Morgan fingerprint density at radius 3 is 2.50 bits per heavy atom. The molecule has 188 valence electrons. The molecule has 8 heteroatoms. The van der Waals surface area contributed by atoms with Gasteiger partial charge in [0.05, 0.1) is 5.69 Å². The number of amides is 3. The van der Waals surface area contributed by atoms with Gasteiger partial charge >= 0.3 is 12.1 Å². The number of likely N-dealkylation sites (N-methyl/N-ethyl adjacent to an activating group) is 1. The van der Waals surface area contributed by atoms with Crippen LogP contribution in [0.1, 0.15) is 30.9 Å². The van der Waals surface area contributed by atoms with E-state index in [1.165, 1.54) is 0 Å². The quantitative estimate of drug-likeness (QED) is 0.514. The molecule has 2 aliphatic rings. The molecule has 0 bridgehead atoms. The number of hydrogen-bond donors (Lipinski definition) is 2. The van der Waals surface area contributed by atoms with Crippen LogP contribution in [-0.4, -0.2) is 61.7 Å². The number of ether oxygens (including phenoxy) is 1. The lowest BCUT2D eigenvalue weighted by Gasteiger charge is -2.31. The molecule has 1 saturated heterocycles. The molecule has 0 saturated carbocycles. The molecule has 5 rings (SSSR count). The van der Waals surface area contributed by atoms with Gasteiger partial charge in [-0.2, -0.15) is 0 Å². The molecule has 1 fully saturated rings. The van der Waals surface area contributed by atoms with Crippen molar-refractivity contribution in [3.63, 3.8) is 0 Å². The third-order valence-corrected chi connectivity index (χ3v) is 7.22. The fourth-order valence-electron chi connectivity index (χ4n) is 5.19. The molecule has 3 N–H and O–H groups in total. The molecule has 3 aromatic carbocycles. The molecule has 0 spiro atoms. The van der Waals surface area contributed by atoms with Gasteiger partial charge in [0, 0.05) is 61.5 Å². The minimum absolute atomic E-state index is 0.134. The molecule has 3 aromatic rings. The van der Waals surface area contributed by atoms with Crippen LogP contribution in [0, 0.1) is 0 Å². The first-order valence-corrected chi connectivity index (χ1v) is 12.5. The Balaban J connectivity index is 1.48. The van der Waals surface area contributed by atoms with Crippen LogP contribution >= 0.6 is 0 Å². The van der Waals surface area contributed by atoms with Gasteiger partial charge in [-0.05, 0) is 48.2 Å². The highest BCUT2D eigenvalue weighted by atomic mass is 16.6. The summed E-state index contributed by atoms with van der Waals surface area (Å²) in [7, 11) is 2.05. The van der Waals surface area contributed by atoms with E-state index in [2.05, 4.69) is 17.1 Å². The lowest BCUT2D eigenvalue weighted by molar-refractivity contribution is 0.121. The van der Waals surface area contributed by atoms with Crippen LogP contribution in [0.25, 0.3) is 10.8 Å². The molecule has 36 heavy (non-hydrogen) atoms. The maximum Gasteiger partial charge on any atom is 0.415 e. The first-order chi connectivity index (χ1) is 17.4. The number of nitrogens with one attached hydrogen (secondary N) is 1. The Labute approximate surface area is 211 Å². The van der Waals surface area contributed by atoms with E-state index in [0.717, 1.165) is 52.8 Å². The molecule has 8 nitrogen and oxygen atoms in total. The van der Waals surface area contributed by atoms with Gasteiger partial charge in [-0.1, -0.05) is 38.1 Å². The fraction of sp³-hybridized carbons (Fsp3) is 0.357. The van der Waals surface area contributed by atoms with Crippen molar-refractivity contribution >= 4 is 40.0 Å². The predicted octanol–water partition coefficient (Wildman–Crippen LogP) is 4.89. The molecular weight excluding hydrogens is 454 g/mol. The molecule has 3 amide bonds. The molecule has 0 unspecified atom stereocenters. The van der Waals surface area contributed by atoms with Crippen LogP contribution in [0.5, 0.6) is 5.75 Å². The molecule has 0 radical (unpaired) electrons. The van der Waals surface area contributed by atoms with Gasteiger partial charge in [0.25, 0.3) is 0 Å². The second-order valence-electron chi connectivity index (χ2n) is 9.72. The summed E-state index contributed by atoms with van der Waals surface area (Å²) in [5.74, 6) is 0.608. The van der Waals surface area contributed by atoms with E-state index in [1.807, 2.05) is 56.4 Å². The van der Waals surface area contributed by atoms with E-state index >= 15 is 0 Å². The van der Waals surface area contributed by atoms with Crippen molar-refractivity contribution < 1.29 is 14.3 Å². The number of nitrogens with two attached hydrogens (primary N) is 1. The van der Waals surface area contributed by atoms with E-state index in [4.69, 9.17) is 10.5 Å². The number of hydrogen-bond acceptors (Lipinski definition) is 5. The molecule has 0 aromatic heterocycles. The summed E-state index contributed by atoms with van der Waals surface area (Å²) in [6.45, 7) is 7.58. The summed E-state index contributed by atoms with van der Waals surface area (Å²) in [6.07, 6.45) is 0.398. The zero-order valence-electron chi connectivity index (χ0n) is 21.1. The Morgan fingerprint density at radius 1 is 1.06 bits per heavy atom. The number of aryl methyl sites for hydroxylation is 1. The van der Waals surface area contributed by atoms with Gasteiger partial charge in [-0.15, -0.1) is 0 Å². The number of carbonyl (C=O) groups is 2. The van der Waals surface area contributed by atoms with Gasteiger partial charge in [-0.25, -0.2) is 9.59 Å². The third-order valence-electron chi connectivity index (χ3n) is 7.22. The summed E-state index contributed by atoms with van der Waals surface area (Å²) in [5, 5.41) is 4.94. The third kappa shape index (κ3) is 4.44. The number of rotatable bonds is 3. The zero-order chi connectivity index (χ0) is 25.4. The predicted molar refractivity (Wildman–Crippen MR) is 144 cm³/mol. The van der Waals surface area contributed by atoms with Crippen molar-refractivity contribution in [2.24, 2.45) is 0 Å². The Bertz CT molecular complexity index is 1320. The summed E-state index contributed by atoms with van der Waals surface area (Å²) in [6, 6.07) is 15.1. The van der Waals surface area contributed by atoms with Gasteiger partial charge in [-0.3, -0.25) is 4.90 Å². The van der Waals surface area contributed by atoms with E-state index < -0.39 is 0 Å². The molecule has 2 heterocycles. The summed E-state index contributed by atoms with van der Waals surface area (Å²) >= 11 is 0. The lowest BCUT2D eigenvalue weighted by atomic mass is 9.95. The second-order valence-corrected chi connectivity index (χ2v) is 9.72. The van der Waals surface area contributed by atoms with Crippen molar-refractivity contribution in [3.8, 4) is 5.75 Å². The van der Waals surface area contributed by atoms with E-state index in [1.54, 1.807) is 15.9 Å². The standard InChI is InChI=1S/C28H33N5O3/c1-4-19-15-20(29)9-10-23(19)30-27(34)33-17-18(2)26-22-8-6-5-7-21(22)25(16-24(26)33)36-28(35)32-13-11-31(3)12-14-32/h5-10,15-16,18H,4,11-14,17,29H2,1-3H3,(H,30,34)/t18-/m1/s1. The lowest BCUT2D eigenvalue weighted by Crippen LogP contribution is -2.48. The van der Waals surface area contributed by atoms with Crippen LogP contribution in [0.4, 0.5) is 26.7 Å². The number of nitrogen functional groups attached to an aromatic ring is 1. The van der Waals surface area contributed by atoms with Crippen LogP contribution < -0.4 is 20.7 Å². The summed E-state index contributed by atoms with van der Waals surface area (Å²) in [4.78, 5) is 32.2. The van der Waals surface area contributed by atoms with E-state index in [9.17, 15) is 9.59 Å². The Kier molecular flexibility index (Phi) is 6.45. The first-order valence-electron chi connectivity index (χ1n) is 12.5. The Hall–Kier alpha value is -3.78. The van der Waals surface area contributed by atoms with Crippen molar-refractivity contribution in [1.29, 1.82) is 0 Å². The van der Waals surface area contributed by atoms with Gasteiger partial charge in [0.15, 0.2) is 0 Å². The van der Waals surface area contributed by atoms with Crippen molar-refractivity contribution in [3.05, 3.63) is 59.7 Å². The number of carbonyl (C=O) groups excluding carboxylic acids is 2. The van der Waals surface area contributed by atoms with Gasteiger partial charge in [0.2, 0.25) is 0 Å². The zero-order valence-corrected chi connectivity index (χ0v) is 21.1. The number of nitrogens with zero attached hydrogens (tertiary/aromatic N) is 3. The summed E-state index contributed by atoms with van der Waals surface area (Å²) in [5.41, 5.74) is 10.2. The monoisotopic (exact) mass is 487 g/mol. The smallest absolute Gasteiger partial charge is 0.409 e. The molecule has 1 atom stereocenters. The van der Waals surface area contributed by atoms with Crippen molar-refractivity contribution in [2.75, 3.05) is 55.7 Å². The maximum atomic E-state index is 13.5. The fourth-order valence-corrected chi connectivity index (χ4v) is 5.19. The van der Waals surface area contributed by atoms with Crippen LogP contribution in [0.2, 0.25) is 0 Å². The minimum Gasteiger partial charge on any atom is -0.409 e. The number of benzene rings is 3. The van der Waals surface area contributed by atoms with Crippen LogP contribution in [0.15, 0.2) is 48.5 Å². The number of anilines is 3. The topological polar surface area (TPSA) is 91.1 Å². The Morgan fingerprint density at radius 2 is 1.78 bits per heavy atom. The van der Waals surface area contributed by atoms with Crippen molar-refractivity contribution in [2.45, 2.75) is 26.2 Å². The average Bonchev–Trinajstić information content (AvgIpc) is 3.21. The van der Waals surface area contributed by atoms with Crippen LogP contribution in [0.3, 0.4) is 0 Å². The highest BCUT2D eigenvalue weighted by Crippen LogP contribution is 2.45. The SMILES string of the molecule is CCc1cc(N)ccc1NC(=O)N1C[C@@H](C)c2c1cc(OC(=O)N1CCN(C)CC1)c1ccccc21. The van der Waals surface area contributed by atoms with Crippen LogP contribution in [-0.2, 0) is 6.42 Å². The minimum atomic E-state index is -0.357. The average molecular weight is 488 g/mol. The normalized spacial score (nSPS) is 17.8. The maximum absolute atomic E-state index is 13.5. The first kappa shape index (κ1) is 23.9. The van der Waals surface area contributed by atoms with Crippen molar-refractivity contribution in [1.82, 2.24) is 9.80 Å².